The smallest absolute Gasteiger partial charge is 0.264 e. The van der Waals surface area contributed by atoms with Crippen LogP contribution in [0.25, 0.3) is 0 Å². The number of likely N-dealkylation sites (N-methyl/N-ethyl adjacent to an activating group) is 1. The zero-order valence-corrected chi connectivity index (χ0v) is 19.2. The van der Waals surface area contributed by atoms with Crippen molar-refractivity contribution in [3.8, 4) is 5.75 Å². The van der Waals surface area contributed by atoms with Gasteiger partial charge >= 0.3 is 0 Å². The molecule has 0 saturated carbocycles. The van der Waals surface area contributed by atoms with Gasteiger partial charge in [-0.05, 0) is 69.8 Å². The van der Waals surface area contributed by atoms with Crippen LogP contribution in [-0.2, 0) is 10.0 Å². The van der Waals surface area contributed by atoms with Crippen molar-refractivity contribution in [2.45, 2.75) is 37.5 Å². The monoisotopic (exact) mass is 430 g/mol. The number of hydrogen-bond donors (Lipinski definition) is 0. The molecule has 0 N–H and O–H groups in total. The topological polar surface area (TPSA) is 49.9 Å². The minimum Gasteiger partial charge on any atom is -0.494 e. The predicted molar refractivity (Wildman–Crippen MR) is 125 cm³/mol. The zero-order valence-electron chi connectivity index (χ0n) is 18.4. The van der Waals surface area contributed by atoms with Crippen molar-refractivity contribution in [1.29, 1.82) is 0 Å². The Labute approximate surface area is 182 Å². The molecule has 5 nitrogen and oxygen atoms in total. The molecule has 0 unspecified atom stereocenters. The first-order valence-electron chi connectivity index (χ1n) is 10.4. The molecule has 0 heterocycles. The number of aryl methyl sites for hydroxylation is 1. The number of sulfonamides is 1. The Kier molecular flexibility index (Phi) is 9.40. The van der Waals surface area contributed by atoms with E-state index in [-0.39, 0.29) is 4.90 Å². The number of ether oxygens (including phenoxy) is 1. The summed E-state index contributed by atoms with van der Waals surface area (Å²) in [6, 6.07) is 14.1. The fourth-order valence-corrected chi connectivity index (χ4v) is 4.29. The maximum Gasteiger partial charge on any atom is 0.264 e. The van der Waals surface area contributed by atoms with E-state index in [1.807, 2.05) is 25.1 Å². The van der Waals surface area contributed by atoms with Crippen LogP contribution in [0.4, 0.5) is 5.69 Å². The van der Waals surface area contributed by atoms with Crippen LogP contribution in [0.15, 0.2) is 66.1 Å². The van der Waals surface area contributed by atoms with Crippen molar-refractivity contribution in [3.63, 3.8) is 0 Å². The molecule has 164 valence electrons. The average Bonchev–Trinajstić information content (AvgIpc) is 2.73. The van der Waals surface area contributed by atoms with Crippen LogP contribution >= 0.6 is 0 Å². The van der Waals surface area contributed by atoms with E-state index in [4.69, 9.17) is 4.74 Å². The van der Waals surface area contributed by atoms with Crippen LogP contribution in [0.5, 0.6) is 5.75 Å². The minimum atomic E-state index is -3.58. The lowest BCUT2D eigenvalue weighted by Crippen LogP contribution is -2.26. The van der Waals surface area contributed by atoms with E-state index in [0.29, 0.717) is 12.3 Å². The summed E-state index contributed by atoms with van der Waals surface area (Å²) < 4.78 is 32.7. The fourth-order valence-electron chi connectivity index (χ4n) is 3.10. The molecule has 0 saturated heterocycles. The van der Waals surface area contributed by atoms with Gasteiger partial charge in [0.15, 0.2) is 0 Å². The van der Waals surface area contributed by atoms with Gasteiger partial charge in [0.25, 0.3) is 10.0 Å². The molecular weight excluding hydrogens is 396 g/mol. The second-order valence-electron chi connectivity index (χ2n) is 7.59. The second-order valence-corrected chi connectivity index (χ2v) is 9.56. The number of benzene rings is 2. The van der Waals surface area contributed by atoms with E-state index in [2.05, 4.69) is 18.5 Å². The van der Waals surface area contributed by atoms with Crippen molar-refractivity contribution in [2.75, 3.05) is 38.1 Å². The molecule has 0 aliphatic carbocycles. The normalized spacial score (nSPS) is 11.5. The summed E-state index contributed by atoms with van der Waals surface area (Å²) in [4.78, 5) is 2.55. The summed E-state index contributed by atoms with van der Waals surface area (Å²) in [5.41, 5.74) is 1.63. The fraction of sp³-hybridized carbons (Fsp3) is 0.417. The Morgan fingerprint density at radius 2 is 1.57 bits per heavy atom. The highest BCUT2D eigenvalue weighted by Crippen LogP contribution is 2.24. The average molecular weight is 431 g/mol. The molecule has 0 amide bonds. The number of nitrogens with zero attached hydrogens (tertiary/aromatic N) is 2. The standard InChI is InChI=1S/C24H34N2O3S/c1-5-18-25(3)19-8-6-7-9-20-29-23-14-12-22(13-15-23)26(4)30(27,28)24-16-10-21(2)11-17-24/h5,10-17H,1,6-9,18-20H2,2-4H3. The lowest BCUT2D eigenvalue weighted by Gasteiger charge is -2.20. The highest BCUT2D eigenvalue weighted by molar-refractivity contribution is 7.92. The second kappa shape index (κ2) is 11.8. The lowest BCUT2D eigenvalue weighted by atomic mass is 10.2. The summed E-state index contributed by atoms with van der Waals surface area (Å²) in [6.07, 6.45) is 6.44. The lowest BCUT2D eigenvalue weighted by molar-refractivity contribution is 0.300. The Bertz CT molecular complexity index is 878. The Hall–Kier alpha value is -2.31. The summed E-state index contributed by atoms with van der Waals surface area (Å²) in [6.45, 7) is 8.37. The van der Waals surface area contributed by atoms with Gasteiger partial charge in [0, 0.05) is 13.6 Å². The molecule has 0 aliphatic rings. The van der Waals surface area contributed by atoms with E-state index >= 15 is 0 Å². The quantitative estimate of drug-likeness (QED) is 0.336. The first-order valence-corrected chi connectivity index (χ1v) is 11.9. The largest absolute Gasteiger partial charge is 0.494 e. The van der Waals surface area contributed by atoms with Crippen LogP contribution in [0.1, 0.15) is 31.2 Å². The zero-order chi connectivity index (χ0) is 22.0. The molecule has 0 aromatic heterocycles. The summed E-state index contributed by atoms with van der Waals surface area (Å²) in [5.74, 6) is 0.755. The van der Waals surface area contributed by atoms with Crippen molar-refractivity contribution < 1.29 is 13.2 Å². The highest BCUT2D eigenvalue weighted by atomic mass is 32.2. The number of hydrogen-bond acceptors (Lipinski definition) is 4. The Morgan fingerprint density at radius 1 is 0.933 bits per heavy atom. The third kappa shape index (κ3) is 7.18. The van der Waals surface area contributed by atoms with Crippen molar-refractivity contribution >= 4 is 15.7 Å². The SMILES string of the molecule is C=CCN(C)CCCCCCOc1ccc(N(C)S(=O)(=O)c2ccc(C)cc2)cc1. The van der Waals surface area contributed by atoms with E-state index in [1.165, 1.54) is 17.1 Å². The van der Waals surface area contributed by atoms with Crippen LogP contribution in [0, 0.1) is 6.92 Å². The van der Waals surface area contributed by atoms with Crippen LogP contribution in [0.2, 0.25) is 0 Å². The first-order chi connectivity index (χ1) is 14.3. The molecule has 0 spiro atoms. The maximum absolute atomic E-state index is 12.8. The van der Waals surface area contributed by atoms with Gasteiger partial charge in [-0.2, -0.15) is 0 Å². The van der Waals surface area contributed by atoms with Crippen LogP contribution in [-0.4, -0.2) is 47.1 Å². The van der Waals surface area contributed by atoms with Crippen molar-refractivity contribution in [1.82, 2.24) is 4.90 Å². The van der Waals surface area contributed by atoms with Gasteiger partial charge in [0.2, 0.25) is 0 Å². The summed E-state index contributed by atoms with van der Waals surface area (Å²) in [5, 5.41) is 0. The van der Waals surface area contributed by atoms with Gasteiger partial charge in [-0.3, -0.25) is 4.31 Å². The van der Waals surface area contributed by atoms with Gasteiger partial charge in [-0.15, -0.1) is 6.58 Å². The molecule has 0 radical (unpaired) electrons. The molecule has 0 fully saturated rings. The third-order valence-corrected chi connectivity index (χ3v) is 6.82. The Balaban J connectivity index is 1.78. The van der Waals surface area contributed by atoms with Gasteiger partial charge in [-0.25, -0.2) is 8.42 Å². The predicted octanol–water partition coefficient (Wildman–Crippen LogP) is 4.88. The maximum atomic E-state index is 12.8. The highest BCUT2D eigenvalue weighted by Gasteiger charge is 2.21. The molecule has 2 aromatic rings. The van der Waals surface area contributed by atoms with E-state index in [0.717, 1.165) is 37.2 Å². The molecule has 0 bridgehead atoms. The van der Waals surface area contributed by atoms with Gasteiger partial charge in [-0.1, -0.05) is 36.6 Å². The molecule has 2 rings (SSSR count). The molecule has 2 aromatic carbocycles. The van der Waals surface area contributed by atoms with Gasteiger partial charge in [0.05, 0.1) is 17.2 Å². The van der Waals surface area contributed by atoms with E-state index < -0.39 is 10.0 Å². The van der Waals surface area contributed by atoms with Crippen molar-refractivity contribution in [3.05, 3.63) is 66.7 Å². The Morgan fingerprint density at radius 3 is 2.20 bits per heavy atom. The molecule has 0 aliphatic heterocycles. The number of unbranched alkanes of at least 4 members (excludes halogenated alkanes) is 3. The first kappa shape index (κ1) is 24.0. The van der Waals surface area contributed by atoms with Crippen molar-refractivity contribution in [2.24, 2.45) is 0 Å². The van der Waals surface area contributed by atoms with Gasteiger partial charge < -0.3 is 9.64 Å². The summed E-state index contributed by atoms with van der Waals surface area (Å²) >= 11 is 0. The van der Waals surface area contributed by atoms with Gasteiger partial charge in [0.1, 0.15) is 5.75 Å². The third-order valence-electron chi connectivity index (χ3n) is 5.02. The van der Waals surface area contributed by atoms with E-state index in [9.17, 15) is 8.42 Å². The van der Waals surface area contributed by atoms with Crippen LogP contribution in [0.3, 0.4) is 0 Å². The minimum absolute atomic E-state index is 0.284. The molecule has 6 heteroatoms. The number of rotatable bonds is 13. The van der Waals surface area contributed by atoms with Crippen LogP contribution < -0.4 is 9.04 Å². The molecule has 30 heavy (non-hydrogen) atoms. The van der Waals surface area contributed by atoms with E-state index in [1.54, 1.807) is 43.4 Å². The molecular formula is C24H34N2O3S. The molecule has 0 atom stereocenters. The number of anilines is 1. The summed E-state index contributed by atoms with van der Waals surface area (Å²) in [7, 11) is 0.0983.